The van der Waals surface area contributed by atoms with Gasteiger partial charge in [0.05, 0.1) is 17.6 Å². The molecule has 2 aromatic heterocycles. The van der Waals surface area contributed by atoms with Crippen LogP contribution in [0.5, 0.6) is 0 Å². The Morgan fingerprint density at radius 1 is 1.23 bits per heavy atom. The molecule has 0 aliphatic heterocycles. The Balaban J connectivity index is 1.48. The number of aromatic nitrogens is 2. The summed E-state index contributed by atoms with van der Waals surface area (Å²) in [6.45, 7) is 0. The van der Waals surface area contributed by atoms with Crippen molar-refractivity contribution in [3.05, 3.63) is 68.4 Å². The quantitative estimate of drug-likeness (QED) is 0.508. The van der Waals surface area contributed by atoms with Crippen LogP contribution in [0.1, 0.15) is 5.56 Å². The fourth-order valence-electron chi connectivity index (χ4n) is 2.52. The molecule has 0 radical (unpaired) electrons. The highest BCUT2D eigenvalue weighted by molar-refractivity contribution is 9.10. The summed E-state index contributed by atoms with van der Waals surface area (Å²) in [6, 6.07) is 13.0. The minimum Gasteiger partial charge on any atom is -0.408 e. The number of benzene rings is 2. The summed E-state index contributed by atoms with van der Waals surface area (Å²) >= 11 is 4.72. The molecule has 6 nitrogen and oxygen atoms in total. The van der Waals surface area contributed by atoms with E-state index in [1.54, 1.807) is 12.1 Å². The third-order valence-corrected chi connectivity index (χ3v) is 5.03. The number of aromatic amines is 1. The average Bonchev–Trinajstić information content (AvgIpc) is 3.21. The Hall–Kier alpha value is -2.71. The van der Waals surface area contributed by atoms with Crippen molar-refractivity contribution in [1.82, 2.24) is 9.97 Å². The fraction of sp³-hybridized carbons (Fsp3) is 0.0556. The van der Waals surface area contributed by atoms with E-state index in [1.807, 2.05) is 35.7 Å². The van der Waals surface area contributed by atoms with Gasteiger partial charge in [0.2, 0.25) is 5.91 Å². The zero-order valence-corrected chi connectivity index (χ0v) is 15.7. The number of thiazole rings is 1. The van der Waals surface area contributed by atoms with Gasteiger partial charge in [-0.15, -0.1) is 11.3 Å². The maximum absolute atomic E-state index is 12.2. The van der Waals surface area contributed by atoms with Crippen molar-refractivity contribution in [2.45, 2.75) is 6.42 Å². The van der Waals surface area contributed by atoms with E-state index in [1.165, 1.54) is 11.3 Å². The minimum atomic E-state index is -0.490. The van der Waals surface area contributed by atoms with Gasteiger partial charge in [0.15, 0.2) is 10.7 Å². The number of anilines is 1. The number of fused-ring (bicyclic) bond motifs is 1. The first-order valence-electron chi connectivity index (χ1n) is 7.70. The lowest BCUT2D eigenvalue weighted by Gasteiger charge is -2.02. The molecule has 2 aromatic carbocycles. The van der Waals surface area contributed by atoms with Gasteiger partial charge in [-0.3, -0.25) is 9.78 Å². The van der Waals surface area contributed by atoms with Crippen LogP contribution in [0.15, 0.2) is 61.5 Å². The van der Waals surface area contributed by atoms with Crippen LogP contribution < -0.4 is 11.1 Å². The molecule has 2 N–H and O–H groups in total. The van der Waals surface area contributed by atoms with Crippen molar-refractivity contribution in [2.75, 3.05) is 5.32 Å². The number of hydrogen-bond acceptors (Lipinski definition) is 5. The Morgan fingerprint density at radius 2 is 2.04 bits per heavy atom. The highest BCUT2D eigenvalue weighted by atomic mass is 79.9. The maximum Gasteiger partial charge on any atom is 0.417 e. The lowest BCUT2D eigenvalue weighted by molar-refractivity contribution is -0.115. The van der Waals surface area contributed by atoms with Crippen LogP contribution in [-0.2, 0) is 11.2 Å². The summed E-state index contributed by atoms with van der Waals surface area (Å²) in [5.41, 5.74) is 3.55. The summed E-state index contributed by atoms with van der Waals surface area (Å²) in [4.78, 5) is 30.5. The summed E-state index contributed by atoms with van der Waals surface area (Å²) in [6.07, 6.45) is 0.280. The second kappa shape index (κ2) is 6.89. The van der Waals surface area contributed by atoms with Crippen molar-refractivity contribution >= 4 is 49.4 Å². The number of halogens is 1. The first-order chi connectivity index (χ1) is 12.6. The number of carbonyl (C=O) groups is 1. The van der Waals surface area contributed by atoms with Gasteiger partial charge in [0.1, 0.15) is 0 Å². The lowest BCUT2D eigenvalue weighted by Crippen LogP contribution is -2.14. The first-order valence-corrected chi connectivity index (χ1v) is 9.37. The second-order valence-electron chi connectivity index (χ2n) is 5.61. The van der Waals surface area contributed by atoms with Crippen LogP contribution in [0.25, 0.3) is 22.4 Å². The molecule has 4 rings (SSSR count). The molecule has 0 bridgehead atoms. The molecule has 130 valence electrons. The van der Waals surface area contributed by atoms with Crippen LogP contribution in [-0.4, -0.2) is 15.9 Å². The molecule has 0 aliphatic carbocycles. The van der Waals surface area contributed by atoms with Gasteiger partial charge < -0.3 is 9.73 Å². The van der Waals surface area contributed by atoms with Crippen molar-refractivity contribution in [3.8, 4) is 11.3 Å². The maximum atomic E-state index is 12.2. The molecular weight excluding hydrogens is 418 g/mol. The van der Waals surface area contributed by atoms with Crippen LogP contribution in [0.4, 0.5) is 5.13 Å². The summed E-state index contributed by atoms with van der Waals surface area (Å²) in [7, 11) is 0. The lowest BCUT2D eigenvalue weighted by atomic mass is 10.1. The highest BCUT2D eigenvalue weighted by Crippen LogP contribution is 2.27. The van der Waals surface area contributed by atoms with Crippen molar-refractivity contribution in [2.24, 2.45) is 0 Å². The summed E-state index contributed by atoms with van der Waals surface area (Å²) < 4.78 is 6.04. The molecule has 0 saturated heterocycles. The number of nitrogens with zero attached hydrogens (tertiary/aromatic N) is 1. The van der Waals surface area contributed by atoms with E-state index in [0.717, 1.165) is 15.6 Å². The zero-order valence-electron chi connectivity index (χ0n) is 13.3. The van der Waals surface area contributed by atoms with Gasteiger partial charge in [-0.05, 0) is 29.8 Å². The topological polar surface area (TPSA) is 88.0 Å². The van der Waals surface area contributed by atoms with Crippen molar-refractivity contribution in [1.29, 1.82) is 0 Å². The molecule has 0 unspecified atom stereocenters. The number of carbonyl (C=O) groups excluding carboxylic acids is 1. The van der Waals surface area contributed by atoms with E-state index in [2.05, 4.69) is 31.2 Å². The Labute approximate surface area is 160 Å². The Bertz CT molecular complexity index is 1140. The molecule has 0 fully saturated rings. The van der Waals surface area contributed by atoms with E-state index in [4.69, 9.17) is 4.42 Å². The molecule has 26 heavy (non-hydrogen) atoms. The van der Waals surface area contributed by atoms with Gasteiger partial charge in [-0.1, -0.05) is 34.1 Å². The first kappa shape index (κ1) is 16.7. The van der Waals surface area contributed by atoms with Crippen LogP contribution in [0.2, 0.25) is 0 Å². The number of oxazole rings is 1. The Kier molecular flexibility index (Phi) is 4.44. The number of nitrogens with one attached hydrogen (secondary N) is 2. The monoisotopic (exact) mass is 429 g/mol. The van der Waals surface area contributed by atoms with Gasteiger partial charge in [-0.2, -0.15) is 0 Å². The average molecular weight is 430 g/mol. The molecule has 0 spiro atoms. The number of hydrogen-bond donors (Lipinski definition) is 2. The van der Waals surface area contributed by atoms with Crippen LogP contribution >= 0.6 is 27.3 Å². The SMILES string of the molecule is O=C(Cc1ccc(Br)cc1)Nc1nc(-c2ccc3[nH]c(=O)oc3c2)cs1. The summed E-state index contributed by atoms with van der Waals surface area (Å²) in [5.74, 6) is -0.614. The van der Waals surface area contributed by atoms with Crippen molar-refractivity contribution < 1.29 is 9.21 Å². The van der Waals surface area contributed by atoms with Gasteiger partial charge in [0.25, 0.3) is 0 Å². The van der Waals surface area contributed by atoms with E-state index >= 15 is 0 Å². The van der Waals surface area contributed by atoms with Gasteiger partial charge in [0, 0.05) is 15.4 Å². The molecule has 0 aliphatic rings. The third kappa shape index (κ3) is 3.61. The molecule has 1 amide bonds. The normalized spacial score (nSPS) is 11.0. The number of amides is 1. The fourth-order valence-corrected chi connectivity index (χ4v) is 3.52. The summed E-state index contributed by atoms with van der Waals surface area (Å²) in [5, 5.41) is 5.19. The van der Waals surface area contributed by atoms with E-state index < -0.39 is 5.76 Å². The van der Waals surface area contributed by atoms with Gasteiger partial charge >= 0.3 is 5.76 Å². The third-order valence-electron chi connectivity index (χ3n) is 3.75. The molecule has 2 heterocycles. The van der Waals surface area contributed by atoms with Crippen LogP contribution in [0.3, 0.4) is 0 Å². The molecular formula is C18H12BrN3O3S. The Morgan fingerprint density at radius 3 is 2.85 bits per heavy atom. The molecule has 0 atom stereocenters. The zero-order chi connectivity index (χ0) is 18.1. The largest absolute Gasteiger partial charge is 0.417 e. The number of H-pyrrole nitrogens is 1. The smallest absolute Gasteiger partial charge is 0.408 e. The van der Waals surface area contributed by atoms with E-state index in [9.17, 15) is 9.59 Å². The van der Waals surface area contributed by atoms with Crippen molar-refractivity contribution in [3.63, 3.8) is 0 Å². The molecule has 0 saturated carbocycles. The minimum absolute atomic E-state index is 0.125. The van der Waals surface area contributed by atoms with Gasteiger partial charge in [-0.25, -0.2) is 9.78 Å². The van der Waals surface area contributed by atoms with E-state index in [-0.39, 0.29) is 12.3 Å². The molecule has 8 heteroatoms. The second-order valence-corrected chi connectivity index (χ2v) is 7.39. The standard InChI is InChI=1S/C18H12BrN3O3S/c19-12-4-1-10(2-5-12)7-16(23)22-17-20-14(9-26-17)11-3-6-13-15(8-11)25-18(24)21-13/h1-6,8-9H,7H2,(H,21,24)(H,20,22,23). The predicted molar refractivity (Wildman–Crippen MR) is 104 cm³/mol. The predicted octanol–water partition coefficient (Wildman–Crippen LogP) is 4.19. The molecule has 4 aromatic rings. The van der Waals surface area contributed by atoms with Crippen LogP contribution in [0, 0.1) is 0 Å². The highest BCUT2D eigenvalue weighted by Gasteiger charge is 2.10. The number of rotatable bonds is 4. The van der Waals surface area contributed by atoms with E-state index in [0.29, 0.717) is 21.9 Å².